The van der Waals surface area contributed by atoms with Crippen molar-refractivity contribution in [3.05, 3.63) is 75.4 Å². The Morgan fingerprint density at radius 3 is 2.07 bits per heavy atom. The first-order valence-corrected chi connectivity index (χ1v) is 11.9. The van der Waals surface area contributed by atoms with Crippen molar-refractivity contribution in [1.82, 2.24) is 4.98 Å². The molecular formula is C21H22BrNO2S2. The second-order valence-corrected chi connectivity index (χ2v) is 10.4. The van der Waals surface area contributed by atoms with Crippen LogP contribution in [0.3, 0.4) is 0 Å². The number of aromatic nitrogens is 1. The number of sulfone groups is 1. The number of hydrogen-bond acceptors (Lipinski definition) is 3. The molecule has 0 saturated heterocycles. The van der Waals surface area contributed by atoms with Gasteiger partial charge in [0.15, 0.2) is 0 Å². The number of aromatic amines is 1. The molecule has 0 aliphatic carbocycles. The maximum absolute atomic E-state index is 13.1. The number of thioether (sulfide) groups is 1. The summed E-state index contributed by atoms with van der Waals surface area (Å²) >= 11 is 5.20. The number of benzene rings is 2. The first-order valence-electron chi connectivity index (χ1n) is 8.67. The van der Waals surface area contributed by atoms with Crippen LogP contribution < -0.4 is 0 Å². The molecule has 1 heterocycles. The molecule has 27 heavy (non-hydrogen) atoms. The van der Waals surface area contributed by atoms with Crippen molar-refractivity contribution in [3.63, 3.8) is 0 Å². The van der Waals surface area contributed by atoms with Crippen LogP contribution in [0.4, 0.5) is 0 Å². The molecule has 0 saturated carbocycles. The predicted octanol–water partition coefficient (Wildman–Crippen LogP) is 5.87. The summed E-state index contributed by atoms with van der Waals surface area (Å²) < 4.78 is 27.0. The van der Waals surface area contributed by atoms with Gasteiger partial charge >= 0.3 is 0 Å². The van der Waals surface area contributed by atoms with Crippen molar-refractivity contribution in [2.75, 3.05) is 5.75 Å². The Balaban J connectivity index is 1.85. The average Bonchev–Trinajstić information content (AvgIpc) is 2.93. The van der Waals surface area contributed by atoms with Crippen LogP contribution in [-0.2, 0) is 16.3 Å². The number of nitrogens with one attached hydrogen (secondary N) is 1. The monoisotopic (exact) mass is 463 g/mol. The molecule has 3 rings (SSSR count). The molecule has 0 fully saturated rings. The number of rotatable bonds is 6. The van der Waals surface area contributed by atoms with E-state index in [1.165, 1.54) is 10.5 Å². The lowest BCUT2D eigenvalue weighted by molar-refractivity contribution is 0.591. The van der Waals surface area contributed by atoms with E-state index in [1.807, 2.05) is 26.0 Å². The SMILES string of the molecule is Cc1ccc(SCCc2c(S(=O)(=O)c3ccc(C)cc3)[nH]c(Br)c2C)cc1. The van der Waals surface area contributed by atoms with Gasteiger partial charge in [-0.3, -0.25) is 0 Å². The van der Waals surface area contributed by atoms with Crippen molar-refractivity contribution in [3.8, 4) is 0 Å². The fraction of sp³-hybridized carbons (Fsp3) is 0.238. The van der Waals surface area contributed by atoms with Gasteiger partial charge in [-0.15, -0.1) is 11.8 Å². The van der Waals surface area contributed by atoms with E-state index in [0.29, 0.717) is 16.3 Å². The summed E-state index contributed by atoms with van der Waals surface area (Å²) in [6.07, 6.45) is 0.674. The summed E-state index contributed by atoms with van der Waals surface area (Å²) in [7, 11) is -3.58. The number of H-pyrrole nitrogens is 1. The summed E-state index contributed by atoms with van der Waals surface area (Å²) in [5, 5.41) is 0.292. The predicted molar refractivity (Wildman–Crippen MR) is 115 cm³/mol. The number of halogens is 1. The molecule has 0 spiro atoms. The van der Waals surface area contributed by atoms with Gasteiger partial charge in [0, 0.05) is 10.6 Å². The third-order valence-electron chi connectivity index (χ3n) is 4.52. The summed E-state index contributed by atoms with van der Waals surface area (Å²) in [5.74, 6) is 0.810. The summed E-state index contributed by atoms with van der Waals surface area (Å²) in [6.45, 7) is 5.96. The molecule has 3 aromatic rings. The molecule has 3 nitrogen and oxygen atoms in total. The van der Waals surface area contributed by atoms with Gasteiger partial charge in [0.2, 0.25) is 9.84 Å². The van der Waals surface area contributed by atoms with Gasteiger partial charge in [0.05, 0.1) is 9.50 Å². The highest BCUT2D eigenvalue weighted by Gasteiger charge is 2.25. The van der Waals surface area contributed by atoms with Gasteiger partial charge < -0.3 is 4.98 Å². The molecule has 0 aliphatic rings. The lowest BCUT2D eigenvalue weighted by Gasteiger charge is -2.08. The average molecular weight is 464 g/mol. The van der Waals surface area contributed by atoms with Gasteiger partial charge in [-0.05, 0) is 78.5 Å². The zero-order chi connectivity index (χ0) is 19.6. The van der Waals surface area contributed by atoms with Crippen LogP contribution in [0.25, 0.3) is 0 Å². The maximum Gasteiger partial charge on any atom is 0.222 e. The van der Waals surface area contributed by atoms with Gasteiger partial charge in [-0.2, -0.15) is 0 Å². The molecule has 0 bridgehead atoms. The topological polar surface area (TPSA) is 49.9 Å². The van der Waals surface area contributed by atoms with Crippen LogP contribution in [0.1, 0.15) is 22.3 Å². The van der Waals surface area contributed by atoms with Crippen LogP contribution in [-0.4, -0.2) is 19.2 Å². The minimum Gasteiger partial charge on any atom is -0.340 e. The molecule has 6 heteroatoms. The molecule has 142 valence electrons. The molecular weight excluding hydrogens is 442 g/mol. The van der Waals surface area contributed by atoms with E-state index in [-0.39, 0.29) is 0 Å². The zero-order valence-electron chi connectivity index (χ0n) is 15.5. The van der Waals surface area contributed by atoms with Gasteiger partial charge in [-0.1, -0.05) is 35.4 Å². The Kier molecular flexibility index (Phi) is 6.18. The number of aryl methyl sites for hydroxylation is 2. The lowest BCUT2D eigenvalue weighted by Crippen LogP contribution is -2.06. The van der Waals surface area contributed by atoms with Crippen LogP contribution in [0.15, 0.2) is 68.0 Å². The molecule has 2 aromatic carbocycles. The highest BCUT2D eigenvalue weighted by atomic mass is 79.9. The Morgan fingerprint density at radius 2 is 1.48 bits per heavy atom. The third-order valence-corrected chi connectivity index (χ3v) is 8.11. The third kappa shape index (κ3) is 4.50. The van der Waals surface area contributed by atoms with Crippen molar-refractivity contribution < 1.29 is 8.42 Å². The minimum absolute atomic E-state index is 0.292. The number of hydrogen-bond donors (Lipinski definition) is 1. The summed E-state index contributed by atoms with van der Waals surface area (Å²) in [6, 6.07) is 15.4. The van der Waals surface area contributed by atoms with E-state index in [4.69, 9.17) is 0 Å². The second-order valence-electron chi connectivity index (χ2n) is 6.60. The van der Waals surface area contributed by atoms with Crippen molar-refractivity contribution in [2.24, 2.45) is 0 Å². The van der Waals surface area contributed by atoms with Crippen LogP contribution in [0, 0.1) is 20.8 Å². The van der Waals surface area contributed by atoms with Crippen molar-refractivity contribution >= 4 is 37.5 Å². The Labute approximate surface area is 173 Å². The molecule has 0 radical (unpaired) electrons. The second kappa shape index (κ2) is 8.25. The van der Waals surface area contributed by atoms with Gasteiger partial charge in [0.25, 0.3) is 0 Å². The van der Waals surface area contributed by atoms with Crippen LogP contribution >= 0.6 is 27.7 Å². The normalized spacial score (nSPS) is 11.7. The quantitative estimate of drug-likeness (QED) is 0.464. The molecule has 1 aromatic heterocycles. The van der Waals surface area contributed by atoms with E-state index < -0.39 is 9.84 Å². The first-order chi connectivity index (χ1) is 12.8. The van der Waals surface area contributed by atoms with E-state index in [2.05, 4.69) is 52.1 Å². The first kappa shape index (κ1) is 20.2. The fourth-order valence-electron chi connectivity index (χ4n) is 2.84. The largest absolute Gasteiger partial charge is 0.340 e. The lowest BCUT2D eigenvalue weighted by atomic mass is 10.2. The standard InChI is InChI=1S/C21H22BrNO2S2/c1-14-4-8-17(9-5-14)26-13-12-19-16(3)20(22)23-21(19)27(24,25)18-10-6-15(2)7-11-18/h4-11,23H,12-13H2,1-3H3. The Bertz CT molecular complexity index is 1040. The molecule has 0 atom stereocenters. The highest BCUT2D eigenvalue weighted by Crippen LogP contribution is 2.32. The molecule has 0 aliphatic heterocycles. The van der Waals surface area contributed by atoms with Crippen LogP contribution in [0.2, 0.25) is 0 Å². The van der Waals surface area contributed by atoms with Gasteiger partial charge in [0.1, 0.15) is 5.03 Å². The Hall–Kier alpha value is -1.50. The minimum atomic E-state index is -3.58. The van der Waals surface area contributed by atoms with E-state index in [9.17, 15) is 8.42 Å². The fourth-order valence-corrected chi connectivity index (χ4v) is 5.83. The van der Waals surface area contributed by atoms with Gasteiger partial charge in [-0.25, -0.2) is 8.42 Å². The molecule has 0 amide bonds. The zero-order valence-corrected chi connectivity index (χ0v) is 18.8. The Morgan fingerprint density at radius 1 is 0.926 bits per heavy atom. The summed E-state index contributed by atoms with van der Waals surface area (Å²) in [5.41, 5.74) is 4.07. The molecule has 1 N–H and O–H groups in total. The van der Waals surface area contributed by atoms with Crippen molar-refractivity contribution in [2.45, 2.75) is 42.0 Å². The van der Waals surface area contributed by atoms with E-state index >= 15 is 0 Å². The van der Waals surface area contributed by atoms with Crippen LogP contribution in [0.5, 0.6) is 0 Å². The van der Waals surface area contributed by atoms with E-state index in [0.717, 1.165) is 27.0 Å². The summed E-state index contributed by atoms with van der Waals surface area (Å²) in [4.78, 5) is 4.55. The van der Waals surface area contributed by atoms with Crippen molar-refractivity contribution in [1.29, 1.82) is 0 Å². The smallest absolute Gasteiger partial charge is 0.222 e. The highest BCUT2D eigenvalue weighted by molar-refractivity contribution is 9.10. The maximum atomic E-state index is 13.1. The molecule has 0 unspecified atom stereocenters. The van der Waals surface area contributed by atoms with E-state index in [1.54, 1.807) is 23.9 Å².